The number of benzene rings is 1. The van der Waals surface area contributed by atoms with E-state index in [-0.39, 0.29) is 18.5 Å². The van der Waals surface area contributed by atoms with Gasteiger partial charge in [0.25, 0.3) is 0 Å². The summed E-state index contributed by atoms with van der Waals surface area (Å²) in [5, 5.41) is 9.54. The minimum atomic E-state index is -0.808. The average molecular weight is 398 g/mol. The van der Waals surface area contributed by atoms with Crippen molar-refractivity contribution in [2.75, 3.05) is 53.4 Å². The molecule has 0 bridgehead atoms. The van der Waals surface area contributed by atoms with Crippen LogP contribution in [0.1, 0.15) is 12.8 Å². The number of amides is 1. The van der Waals surface area contributed by atoms with Crippen LogP contribution in [0.2, 0.25) is 5.02 Å². The molecule has 1 aromatic rings. The molecule has 1 aromatic carbocycles. The van der Waals surface area contributed by atoms with Crippen LogP contribution < -0.4 is 4.74 Å². The monoisotopic (exact) mass is 397 g/mol. The average Bonchev–Trinajstić information content (AvgIpc) is 2.63. The normalized spacial score (nSPS) is 15.7. The van der Waals surface area contributed by atoms with Crippen molar-refractivity contribution in [1.82, 2.24) is 14.7 Å². The Labute approximate surface area is 165 Å². The summed E-state index contributed by atoms with van der Waals surface area (Å²) in [6.07, 6.45) is 1.75. The van der Waals surface area contributed by atoms with Crippen LogP contribution >= 0.6 is 11.6 Å². The van der Waals surface area contributed by atoms with Gasteiger partial charge in [0, 0.05) is 31.2 Å². The number of hydrogen-bond acceptors (Lipinski definition) is 5. The Bertz CT molecular complexity index is 618. The summed E-state index contributed by atoms with van der Waals surface area (Å²) < 4.78 is 5.62. The highest BCUT2D eigenvalue weighted by Crippen LogP contribution is 2.16. The fraction of sp³-hybridized carbons (Fsp3) is 0.579. The van der Waals surface area contributed by atoms with E-state index in [1.807, 2.05) is 11.9 Å². The highest BCUT2D eigenvalue weighted by atomic mass is 35.5. The summed E-state index contributed by atoms with van der Waals surface area (Å²) in [5.41, 5.74) is 0. The Morgan fingerprint density at radius 2 is 1.85 bits per heavy atom. The van der Waals surface area contributed by atoms with Crippen molar-refractivity contribution in [2.45, 2.75) is 18.9 Å². The number of carbonyl (C=O) groups excluding carboxylic acids is 1. The molecular formula is C19H28ClN3O4. The van der Waals surface area contributed by atoms with Crippen LogP contribution in [-0.4, -0.2) is 91.2 Å². The molecular weight excluding hydrogens is 370 g/mol. The first-order valence-electron chi connectivity index (χ1n) is 9.12. The maximum absolute atomic E-state index is 12.4. The van der Waals surface area contributed by atoms with Crippen molar-refractivity contribution in [1.29, 1.82) is 0 Å². The van der Waals surface area contributed by atoms with Crippen LogP contribution in [0.3, 0.4) is 0 Å². The number of carboxylic acid groups (broad SMARTS) is 1. The summed E-state index contributed by atoms with van der Waals surface area (Å²) in [5.74, 6) is -0.0163. The zero-order chi connectivity index (χ0) is 19.8. The van der Waals surface area contributed by atoms with E-state index in [4.69, 9.17) is 21.4 Å². The molecule has 150 valence electrons. The van der Waals surface area contributed by atoms with Gasteiger partial charge in [-0.25, -0.2) is 0 Å². The van der Waals surface area contributed by atoms with E-state index in [0.717, 1.165) is 31.7 Å². The highest BCUT2D eigenvalue weighted by Gasteiger charge is 2.25. The molecule has 1 aliphatic rings. The number of ether oxygens (including phenoxy) is 1. The van der Waals surface area contributed by atoms with Gasteiger partial charge in [0.2, 0.25) is 5.91 Å². The van der Waals surface area contributed by atoms with Crippen molar-refractivity contribution in [2.24, 2.45) is 0 Å². The molecule has 8 heteroatoms. The summed E-state index contributed by atoms with van der Waals surface area (Å²) in [6, 6.07) is 7.40. The Kier molecular flexibility index (Phi) is 8.34. The SMILES string of the molecule is CN(CCOc1ccc(Cl)cc1)C(=O)CN1CCC(N(C)CC(=O)O)CC1. The number of aliphatic carboxylic acids is 1. The van der Waals surface area contributed by atoms with Gasteiger partial charge in [-0.05, 0) is 44.2 Å². The zero-order valence-electron chi connectivity index (χ0n) is 15.9. The quantitative estimate of drug-likeness (QED) is 0.683. The number of likely N-dealkylation sites (tertiary alicyclic amines) is 1. The molecule has 0 radical (unpaired) electrons. The lowest BCUT2D eigenvalue weighted by Crippen LogP contribution is -2.48. The van der Waals surface area contributed by atoms with E-state index in [9.17, 15) is 9.59 Å². The molecule has 2 rings (SSSR count). The second-order valence-electron chi connectivity index (χ2n) is 6.93. The number of piperidine rings is 1. The van der Waals surface area contributed by atoms with Crippen LogP contribution in [0.4, 0.5) is 0 Å². The van der Waals surface area contributed by atoms with Gasteiger partial charge in [-0.15, -0.1) is 0 Å². The predicted octanol–water partition coefficient (Wildman–Crippen LogP) is 1.66. The van der Waals surface area contributed by atoms with Crippen LogP contribution in [0.5, 0.6) is 5.75 Å². The first-order valence-corrected chi connectivity index (χ1v) is 9.49. The molecule has 1 amide bonds. The van der Waals surface area contributed by atoms with Crippen LogP contribution in [0.25, 0.3) is 0 Å². The molecule has 0 saturated carbocycles. The summed E-state index contributed by atoms with van der Waals surface area (Å²) in [7, 11) is 3.62. The third-order valence-electron chi connectivity index (χ3n) is 4.86. The van der Waals surface area contributed by atoms with Gasteiger partial charge in [-0.1, -0.05) is 11.6 Å². The summed E-state index contributed by atoms with van der Waals surface area (Å²) in [4.78, 5) is 28.9. The van der Waals surface area contributed by atoms with E-state index in [1.165, 1.54) is 0 Å². The molecule has 27 heavy (non-hydrogen) atoms. The van der Waals surface area contributed by atoms with Crippen molar-refractivity contribution >= 4 is 23.5 Å². The van der Waals surface area contributed by atoms with E-state index in [0.29, 0.717) is 24.7 Å². The highest BCUT2D eigenvalue weighted by molar-refractivity contribution is 6.30. The van der Waals surface area contributed by atoms with Crippen molar-refractivity contribution < 1.29 is 19.4 Å². The second-order valence-corrected chi connectivity index (χ2v) is 7.37. The fourth-order valence-corrected chi connectivity index (χ4v) is 3.25. The molecule has 1 fully saturated rings. The van der Waals surface area contributed by atoms with Gasteiger partial charge >= 0.3 is 5.97 Å². The summed E-state index contributed by atoms with van der Waals surface area (Å²) >= 11 is 5.84. The van der Waals surface area contributed by atoms with Crippen LogP contribution in [0, 0.1) is 0 Å². The van der Waals surface area contributed by atoms with Crippen LogP contribution in [0.15, 0.2) is 24.3 Å². The van der Waals surface area contributed by atoms with Crippen LogP contribution in [-0.2, 0) is 9.59 Å². The van der Waals surface area contributed by atoms with Gasteiger partial charge in [0.15, 0.2) is 0 Å². The first kappa shape index (κ1) is 21.5. The van der Waals surface area contributed by atoms with Gasteiger partial charge in [-0.2, -0.15) is 0 Å². The standard InChI is InChI=1S/C19H28ClN3O4/c1-21(11-12-27-17-5-3-15(20)4-6-17)18(24)13-23-9-7-16(8-10-23)22(2)14-19(25)26/h3-6,16H,7-14H2,1-2H3,(H,25,26). The van der Waals surface area contributed by atoms with Crippen molar-refractivity contribution in [3.63, 3.8) is 0 Å². The number of halogens is 1. The zero-order valence-corrected chi connectivity index (χ0v) is 16.7. The fourth-order valence-electron chi connectivity index (χ4n) is 3.13. The third kappa shape index (κ3) is 7.36. The van der Waals surface area contributed by atoms with E-state index >= 15 is 0 Å². The molecule has 1 heterocycles. The lowest BCUT2D eigenvalue weighted by Gasteiger charge is -2.36. The summed E-state index contributed by atoms with van der Waals surface area (Å²) in [6.45, 7) is 2.98. The van der Waals surface area contributed by atoms with Crippen molar-refractivity contribution in [3.8, 4) is 5.75 Å². The van der Waals surface area contributed by atoms with Gasteiger partial charge in [0.1, 0.15) is 12.4 Å². The molecule has 0 spiro atoms. The molecule has 1 N–H and O–H groups in total. The molecule has 1 aliphatic heterocycles. The number of carboxylic acids is 1. The molecule has 7 nitrogen and oxygen atoms in total. The molecule has 0 aliphatic carbocycles. The smallest absolute Gasteiger partial charge is 0.317 e. The lowest BCUT2D eigenvalue weighted by atomic mass is 10.0. The Morgan fingerprint density at radius 1 is 1.22 bits per heavy atom. The molecule has 0 unspecified atom stereocenters. The van der Waals surface area contributed by atoms with E-state index in [2.05, 4.69) is 4.90 Å². The number of carbonyl (C=O) groups is 2. The number of hydrogen-bond donors (Lipinski definition) is 1. The van der Waals surface area contributed by atoms with Crippen molar-refractivity contribution in [3.05, 3.63) is 29.3 Å². The maximum Gasteiger partial charge on any atom is 0.317 e. The van der Waals surface area contributed by atoms with E-state index < -0.39 is 5.97 Å². The van der Waals surface area contributed by atoms with Gasteiger partial charge in [0.05, 0.1) is 19.6 Å². The Hall–Kier alpha value is -1.83. The first-order chi connectivity index (χ1) is 12.8. The largest absolute Gasteiger partial charge is 0.492 e. The minimum absolute atomic E-state index is 0.0555. The molecule has 0 atom stereocenters. The lowest BCUT2D eigenvalue weighted by molar-refractivity contribution is -0.138. The number of rotatable bonds is 9. The third-order valence-corrected chi connectivity index (χ3v) is 5.11. The number of nitrogens with zero attached hydrogens (tertiary/aromatic N) is 3. The predicted molar refractivity (Wildman–Crippen MR) is 104 cm³/mol. The second kappa shape index (κ2) is 10.5. The number of likely N-dealkylation sites (N-methyl/N-ethyl adjacent to an activating group) is 2. The Balaban J connectivity index is 1.66. The maximum atomic E-state index is 12.4. The topological polar surface area (TPSA) is 73.3 Å². The Morgan fingerprint density at radius 3 is 2.44 bits per heavy atom. The van der Waals surface area contributed by atoms with Gasteiger partial charge in [-0.3, -0.25) is 19.4 Å². The molecule has 0 aromatic heterocycles. The van der Waals surface area contributed by atoms with Gasteiger partial charge < -0.3 is 14.7 Å². The van der Waals surface area contributed by atoms with E-state index in [1.54, 1.807) is 36.2 Å². The minimum Gasteiger partial charge on any atom is -0.492 e. The molecule has 1 saturated heterocycles.